The van der Waals surface area contributed by atoms with Crippen LogP contribution in [-0.4, -0.2) is 5.78 Å². The first-order chi connectivity index (χ1) is 7.58. The van der Waals surface area contributed by atoms with Gasteiger partial charge in [-0.2, -0.15) is 0 Å². The van der Waals surface area contributed by atoms with E-state index in [4.69, 9.17) is 16.0 Å². The van der Waals surface area contributed by atoms with Crippen LogP contribution in [0.5, 0.6) is 0 Å². The van der Waals surface area contributed by atoms with Crippen molar-refractivity contribution in [1.29, 1.82) is 0 Å². The summed E-state index contributed by atoms with van der Waals surface area (Å²) in [5.74, 6) is 0.986. The van der Waals surface area contributed by atoms with E-state index in [9.17, 15) is 4.79 Å². The fraction of sp³-hybridized carbons (Fsp3) is 0.154. The molecule has 0 saturated carbocycles. The van der Waals surface area contributed by atoms with E-state index in [0.717, 1.165) is 11.3 Å². The summed E-state index contributed by atoms with van der Waals surface area (Å²) in [7, 11) is 0. The van der Waals surface area contributed by atoms with Gasteiger partial charge in [0.25, 0.3) is 0 Å². The monoisotopic (exact) mass is 234 g/mol. The summed E-state index contributed by atoms with van der Waals surface area (Å²) in [6.07, 6.45) is 0. The van der Waals surface area contributed by atoms with Gasteiger partial charge >= 0.3 is 0 Å². The molecule has 0 fully saturated rings. The zero-order valence-electron chi connectivity index (χ0n) is 9.08. The number of rotatable bonds is 2. The Bertz CT molecular complexity index is 541. The zero-order chi connectivity index (χ0) is 11.7. The van der Waals surface area contributed by atoms with Crippen LogP contribution in [0.4, 0.5) is 0 Å². The number of carbonyl (C=O) groups excluding carboxylic acids is 1. The lowest BCUT2D eigenvalue weighted by molar-refractivity contribution is 0.101. The molecule has 2 aromatic rings. The molecule has 3 heteroatoms. The van der Waals surface area contributed by atoms with Gasteiger partial charge in [0.05, 0.1) is 0 Å². The van der Waals surface area contributed by atoms with E-state index >= 15 is 0 Å². The third-order valence-corrected chi connectivity index (χ3v) is 2.63. The number of furan rings is 1. The molecule has 0 aliphatic carbocycles. The van der Waals surface area contributed by atoms with E-state index in [0.29, 0.717) is 16.3 Å². The van der Waals surface area contributed by atoms with E-state index in [1.807, 2.05) is 13.8 Å². The lowest BCUT2D eigenvalue weighted by atomic mass is 10.0. The van der Waals surface area contributed by atoms with Crippen LogP contribution in [-0.2, 0) is 0 Å². The molecule has 1 heterocycles. The summed E-state index contributed by atoms with van der Waals surface area (Å²) in [6, 6.07) is 8.66. The van der Waals surface area contributed by atoms with Gasteiger partial charge in [-0.15, -0.1) is 0 Å². The average molecular weight is 235 g/mol. The molecular formula is C13H11ClO2. The van der Waals surface area contributed by atoms with Crippen molar-refractivity contribution in [2.45, 2.75) is 13.8 Å². The minimum Gasteiger partial charge on any atom is -0.458 e. The number of benzene rings is 1. The maximum absolute atomic E-state index is 12.1. The van der Waals surface area contributed by atoms with Gasteiger partial charge in [-0.1, -0.05) is 11.6 Å². The topological polar surface area (TPSA) is 30.2 Å². The first-order valence-corrected chi connectivity index (χ1v) is 5.33. The van der Waals surface area contributed by atoms with Gasteiger partial charge in [0.15, 0.2) is 5.76 Å². The average Bonchev–Trinajstić information content (AvgIpc) is 2.64. The van der Waals surface area contributed by atoms with E-state index in [2.05, 4.69) is 0 Å². The van der Waals surface area contributed by atoms with Crippen molar-refractivity contribution in [3.63, 3.8) is 0 Å². The summed E-state index contributed by atoms with van der Waals surface area (Å²) in [5, 5.41) is 0.629. The maximum Gasteiger partial charge on any atom is 0.228 e. The molecule has 0 radical (unpaired) electrons. The Labute approximate surface area is 98.8 Å². The summed E-state index contributed by atoms with van der Waals surface area (Å²) in [5.41, 5.74) is 1.48. The van der Waals surface area contributed by atoms with Crippen molar-refractivity contribution in [1.82, 2.24) is 0 Å². The summed E-state index contributed by atoms with van der Waals surface area (Å²) in [4.78, 5) is 12.1. The van der Waals surface area contributed by atoms with Crippen LogP contribution in [0.2, 0.25) is 5.02 Å². The van der Waals surface area contributed by atoms with Gasteiger partial charge in [0.2, 0.25) is 5.78 Å². The van der Waals surface area contributed by atoms with Gasteiger partial charge < -0.3 is 4.42 Å². The molecule has 0 aliphatic rings. The summed E-state index contributed by atoms with van der Waals surface area (Å²) >= 11 is 5.84. The molecule has 0 atom stereocenters. The molecule has 2 rings (SSSR count). The Kier molecular flexibility index (Phi) is 2.84. The predicted molar refractivity (Wildman–Crippen MR) is 63.1 cm³/mol. The highest BCUT2D eigenvalue weighted by molar-refractivity contribution is 6.30. The molecule has 0 N–H and O–H groups in total. The van der Waals surface area contributed by atoms with E-state index in [1.165, 1.54) is 0 Å². The molecule has 16 heavy (non-hydrogen) atoms. The first-order valence-electron chi connectivity index (χ1n) is 4.95. The lowest BCUT2D eigenvalue weighted by Gasteiger charge is -2.02. The predicted octanol–water partition coefficient (Wildman–Crippen LogP) is 3.78. The number of hydrogen-bond donors (Lipinski definition) is 0. The summed E-state index contributed by atoms with van der Waals surface area (Å²) in [6.45, 7) is 3.67. The Balaban J connectivity index is 2.41. The molecule has 1 aromatic heterocycles. The van der Waals surface area contributed by atoms with Crippen LogP contribution >= 0.6 is 11.6 Å². The normalized spacial score (nSPS) is 10.4. The molecule has 1 aromatic carbocycles. The first kappa shape index (κ1) is 11.0. The third kappa shape index (κ3) is 2.02. The van der Waals surface area contributed by atoms with Crippen LogP contribution < -0.4 is 0 Å². The minimum absolute atomic E-state index is 0.109. The van der Waals surface area contributed by atoms with Gasteiger partial charge in [0, 0.05) is 10.6 Å². The molecule has 0 unspecified atom stereocenters. The highest BCUT2D eigenvalue weighted by Crippen LogP contribution is 2.19. The van der Waals surface area contributed by atoms with Crippen LogP contribution in [0.3, 0.4) is 0 Å². The van der Waals surface area contributed by atoms with E-state index in [1.54, 1.807) is 30.3 Å². The van der Waals surface area contributed by atoms with Gasteiger partial charge in [-0.05, 0) is 49.7 Å². The van der Waals surface area contributed by atoms with Crippen molar-refractivity contribution in [3.05, 3.63) is 58.0 Å². The van der Waals surface area contributed by atoms with Crippen molar-refractivity contribution >= 4 is 17.4 Å². The Morgan fingerprint density at radius 3 is 2.50 bits per heavy atom. The minimum atomic E-state index is -0.109. The largest absolute Gasteiger partial charge is 0.458 e. The second-order valence-corrected chi connectivity index (χ2v) is 4.14. The number of carbonyl (C=O) groups is 1. The van der Waals surface area contributed by atoms with Gasteiger partial charge in [-0.25, -0.2) is 0 Å². The molecule has 0 aliphatic heterocycles. The molecule has 0 saturated heterocycles. The Hall–Kier alpha value is -1.54. The quantitative estimate of drug-likeness (QED) is 0.741. The maximum atomic E-state index is 12.1. The van der Waals surface area contributed by atoms with E-state index in [-0.39, 0.29) is 5.78 Å². The van der Waals surface area contributed by atoms with Crippen molar-refractivity contribution in [2.75, 3.05) is 0 Å². The highest BCUT2D eigenvalue weighted by atomic mass is 35.5. The van der Waals surface area contributed by atoms with Gasteiger partial charge in [-0.3, -0.25) is 4.79 Å². The fourth-order valence-corrected chi connectivity index (χ4v) is 1.80. The highest BCUT2D eigenvalue weighted by Gasteiger charge is 2.14. The molecule has 0 spiro atoms. The van der Waals surface area contributed by atoms with Crippen LogP contribution in [0, 0.1) is 13.8 Å². The fourth-order valence-electron chi connectivity index (χ4n) is 1.57. The van der Waals surface area contributed by atoms with Crippen molar-refractivity contribution in [2.24, 2.45) is 0 Å². The van der Waals surface area contributed by atoms with E-state index < -0.39 is 0 Å². The number of aryl methyl sites for hydroxylation is 2. The SMILES string of the molecule is Cc1ccc(C(=O)c2ccc(Cl)cc2C)o1. The Morgan fingerprint density at radius 1 is 1.19 bits per heavy atom. The van der Waals surface area contributed by atoms with Crippen LogP contribution in [0.25, 0.3) is 0 Å². The number of ketones is 1. The standard InChI is InChI=1S/C13H11ClO2/c1-8-7-10(14)4-5-11(8)13(15)12-6-3-9(2)16-12/h3-7H,1-2H3. The Morgan fingerprint density at radius 2 is 1.94 bits per heavy atom. The zero-order valence-corrected chi connectivity index (χ0v) is 9.84. The molecule has 2 nitrogen and oxygen atoms in total. The van der Waals surface area contributed by atoms with Crippen LogP contribution in [0.15, 0.2) is 34.7 Å². The van der Waals surface area contributed by atoms with Crippen molar-refractivity contribution in [3.8, 4) is 0 Å². The second kappa shape index (κ2) is 4.14. The van der Waals surface area contributed by atoms with Gasteiger partial charge in [0.1, 0.15) is 5.76 Å². The van der Waals surface area contributed by atoms with Crippen molar-refractivity contribution < 1.29 is 9.21 Å². The number of halogens is 1. The summed E-state index contributed by atoms with van der Waals surface area (Å²) < 4.78 is 5.30. The number of hydrogen-bond acceptors (Lipinski definition) is 2. The molecular weight excluding hydrogens is 224 g/mol. The molecule has 0 amide bonds. The molecule has 0 bridgehead atoms. The lowest BCUT2D eigenvalue weighted by Crippen LogP contribution is -2.02. The molecule has 82 valence electrons. The van der Waals surface area contributed by atoms with Crippen LogP contribution in [0.1, 0.15) is 27.4 Å². The third-order valence-electron chi connectivity index (χ3n) is 2.40. The smallest absolute Gasteiger partial charge is 0.228 e. The second-order valence-electron chi connectivity index (χ2n) is 3.70.